The van der Waals surface area contributed by atoms with E-state index in [0.717, 1.165) is 35.2 Å². The van der Waals surface area contributed by atoms with Gasteiger partial charge in [0.2, 0.25) is 0 Å². The van der Waals surface area contributed by atoms with Gasteiger partial charge in [0.1, 0.15) is 6.07 Å². The van der Waals surface area contributed by atoms with Crippen LogP contribution in [0.5, 0.6) is 0 Å². The number of nitrogens with zero attached hydrogens (tertiary/aromatic N) is 2. The van der Waals surface area contributed by atoms with Gasteiger partial charge in [-0.05, 0) is 30.2 Å². The lowest BCUT2D eigenvalue weighted by Crippen LogP contribution is -2.00. The van der Waals surface area contributed by atoms with Crippen LogP contribution in [0.2, 0.25) is 0 Å². The Labute approximate surface area is 94.3 Å². The number of rotatable bonds is 0. The van der Waals surface area contributed by atoms with Gasteiger partial charge in [-0.2, -0.15) is 5.26 Å². The number of aromatic nitrogens is 1. The molecule has 3 rings (SSSR count). The molecule has 80 valence electrons. The van der Waals surface area contributed by atoms with Crippen LogP contribution in [0.1, 0.15) is 22.4 Å². The zero-order chi connectivity index (χ0) is 11.3. The highest BCUT2D eigenvalue weighted by atomic mass is 14.9. The fourth-order valence-corrected chi connectivity index (χ4v) is 2.50. The van der Waals surface area contributed by atoms with Gasteiger partial charge in [-0.3, -0.25) is 0 Å². The van der Waals surface area contributed by atoms with Crippen molar-refractivity contribution < 1.29 is 0 Å². The number of benzene rings is 1. The summed E-state index contributed by atoms with van der Waals surface area (Å²) in [4.78, 5) is 0. The lowest BCUT2D eigenvalue weighted by atomic mass is 10.1. The summed E-state index contributed by atoms with van der Waals surface area (Å²) in [5.74, 6) is 0. The van der Waals surface area contributed by atoms with E-state index in [9.17, 15) is 5.26 Å². The Balaban J connectivity index is 2.45. The van der Waals surface area contributed by atoms with Gasteiger partial charge in [-0.25, -0.2) is 0 Å². The zero-order valence-corrected chi connectivity index (χ0v) is 9.46. The third-order valence-corrected chi connectivity index (χ3v) is 3.56. The normalized spacial score (nSPS) is 14.1. The van der Waals surface area contributed by atoms with Gasteiger partial charge < -0.3 is 9.88 Å². The minimum absolute atomic E-state index is 0.812. The molecule has 0 bridgehead atoms. The van der Waals surface area contributed by atoms with Gasteiger partial charge in [-0.1, -0.05) is 0 Å². The van der Waals surface area contributed by atoms with E-state index in [4.69, 9.17) is 0 Å². The van der Waals surface area contributed by atoms with E-state index in [1.165, 1.54) is 11.1 Å². The molecule has 0 saturated carbocycles. The summed E-state index contributed by atoms with van der Waals surface area (Å²) in [6.07, 6.45) is 0. The standard InChI is InChI=1S/C13H13N3/c1-8-12(5-14)11-3-9-6-15-7-10(9)4-13(11)16(8)2/h3-4,15H,6-7H2,1-2H3. The van der Waals surface area contributed by atoms with Gasteiger partial charge in [0.05, 0.1) is 5.56 Å². The molecule has 0 atom stereocenters. The second-order valence-corrected chi connectivity index (χ2v) is 4.37. The van der Waals surface area contributed by atoms with Crippen LogP contribution in [-0.2, 0) is 20.1 Å². The molecule has 2 heterocycles. The SMILES string of the molecule is Cc1c(C#N)c2cc3c(cc2n1C)CNC3. The topological polar surface area (TPSA) is 40.8 Å². The Morgan fingerprint density at radius 2 is 2.00 bits per heavy atom. The molecule has 0 unspecified atom stereocenters. The summed E-state index contributed by atoms with van der Waals surface area (Å²) >= 11 is 0. The maximum Gasteiger partial charge on any atom is 0.102 e. The van der Waals surface area contributed by atoms with Crippen molar-refractivity contribution >= 4 is 10.9 Å². The maximum atomic E-state index is 9.20. The van der Waals surface area contributed by atoms with Crippen LogP contribution in [0.3, 0.4) is 0 Å². The molecule has 0 fully saturated rings. The molecule has 0 radical (unpaired) electrons. The number of nitriles is 1. The molecule has 0 saturated heterocycles. The fraction of sp³-hybridized carbons (Fsp3) is 0.308. The Morgan fingerprint density at radius 3 is 2.69 bits per heavy atom. The van der Waals surface area contributed by atoms with E-state index in [-0.39, 0.29) is 0 Å². The average Bonchev–Trinajstić information content (AvgIpc) is 2.82. The average molecular weight is 211 g/mol. The molecule has 1 aromatic carbocycles. The summed E-state index contributed by atoms with van der Waals surface area (Å²) in [5.41, 5.74) is 5.71. The quantitative estimate of drug-likeness (QED) is 0.723. The van der Waals surface area contributed by atoms with Gasteiger partial charge in [0, 0.05) is 36.7 Å². The van der Waals surface area contributed by atoms with Gasteiger partial charge in [0.25, 0.3) is 0 Å². The first-order valence-corrected chi connectivity index (χ1v) is 5.44. The summed E-state index contributed by atoms with van der Waals surface area (Å²) in [5, 5.41) is 13.6. The van der Waals surface area contributed by atoms with Gasteiger partial charge in [-0.15, -0.1) is 0 Å². The van der Waals surface area contributed by atoms with Crippen molar-refractivity contribution in [1.29, 1.82) is 5.26 Å². The lowest BCUT2D eigenvalue weighted by molar-refractivity contribution is 0.765. The first kappa shape index (κ1) is 9.44. The van der Waals surface area contributed by atoms with Crippen LogP contribution >= 0.6 is 0 Å². The first-order chi connectivity index (χ1) is 7.72. The highest BCUT2D eigenvalue weighted by molar-refractivity contribution is 5.89. The molecule has 0 spiro atoms. The van der Waals surface area contributed by atoms with E-state index in [0.29, 0.717) is 0 Å². The molecule has 1 aromatic heterocycles. The molecule has 0 amide bonds. The summed E-state index contributed by atoms with van der Waals surface area (Å²) < 4.78 is 2.10. The molecule has 1 aliphatic heterocycles. The van der Waals surface area contributed by atoms with E-state index in [2.05, 4.69) is 28.1 Å². The van der Waals surface area contributed by atoms with E-state index in [1.807, 2.05) is 14.0 Å². The summed E-state index contributed by atoms with van der Waals surface area (Å²) in [7, 11) is 2.02. The summed E-state index contributed by atoms with van der Waals surface area (Å²) in [6, 6.07) is 6.68. The van der Waals surface area contributed by atoms with E-state index in [1.54, 1.807) is 0 Å². The number of fused-ring (bicyclic) bond motifs is 2. The van der Waals surface area contributed by atoms with Crippen LogP contribution in [0.25, 0.3) is 10.9 Å². The summed E-state index contributed by atoms with van der Waals surface area (Å²) in [6.45, 7) is 3.86. The highest BCUT2D eigenvalue weighted by Gasteiger charge is 2.17. The smallest absolute Gasteiger partial charge is 0.102 e. The molecule has 16 heavy (non-hydrogen) atoms. The number of hydrogen-bond acceptors (Lipinski definition) is 2. The van der Waals surface area contributed by atoms with E-state index >= 15 is 0 Å². The molecule has 1 aliphatic rings. The minimum atomic E-state index is 0.812. The van der Waals surface area contributed by atoms with Crippen LogP contribution in [0, 0.1) is 18.3 Å². The zero-order valence-electron chi connectivity index (χ0n) is 9.46. The number of aryl methyl sites for hydroxylation is 1. The molecule has 3 nitrogen and oxygen atoms in total. The molecular formula is C13H13N3. The van der Waals surface area contributed by atoms with Crippen molar-refractivity contribution in [2.24, 2.45) is 7.05 Å². The van der Waals surface area contributed by atoms with Crippen molar-refractivity contribution in [3.8, 4) is 6.07 Å². The Hall–Kier alpha value is -1.79. The second kappa shape index (κ2) is 3.10. The van der Waals surface area contributed by atoms with Crippen molar-refractivity contribution in [3.63, 3.8) is 0 Å². The molecule has 1 N–H and O–H groups in total. The Kier molecular flexibility index (Phi) is 1.83. The molecule has 3 heteroatoms. The van der Waals surface area contributed by atoms with Crippen LogP contribution in [-0.4, -0.2) is 4.57 Å². The third kappa shape index (κ3) is 1.05. The monoisotopic (exact) mass is 211 g/mol. The fourth-order valence-electron chi connectivity index (χ4n) is 2.50. The second-order valence-electron chi connectivity index (χ2n) is 4.37. The van der Waals surface area contributed by atoms with Crippen LogP contribution in [0.4, 0.5) is 0 Å². The van der Waals surface area contributed by atoms with Crippen molar-refractivity contribution in [2.75, 3.05) is 0 Å². The number of hydrogen-bond donors (Lipinski definition) is 1. The Morgan fingerprint density at radius 1 is 1.31 bits per heavy atom. The highest BCUT2D eigenvalue weighted by Crippen LogP contribution is 2.29. The van der Waals surface area contributed by atoms with E-state index < -0.39 is 0 Å². The predicted octanol–water partition coefficient (Wildman–Crippen LogP) is 1.96. The largest absolute Gasteiger partial charge is 0.347 e. The van der Waals surface area contributed by atoms with Crippen LogP contribution in [0.15, 0.2) is 12.1 Å². The third-order valence-electron chi connectivity index (χ3n) is 3.56. The van der Waals surface area contributed by atoms with Gasteiger partial charge in [0.15, 0.2) is 0 Å². The number of nitrogens with one attached hydrogen (secondary N) is 1. The Bertz CT molecular complexity index is 629. The first-order valence-electron chi connectivity index (χ1n) is 5.44. The molecule has 0 aliphatic carbocycles. The predicted molar refractivity (Wildman–Crippen MR) is 62.9 cm³/mol. The van der Waals surface area contributed by atoms with Gasteiger partial charge >= 0.3 is 0 Å². The molecular weight excluding hydrogens is 198 g/mol. The lowest BCUT2D eigenvalue weighted by Gasteiger charge is -2.01. The van der Waals surface area contributed by atoms with Crippen molar-refractivity contribution in [2.45, 2.75) is 20.0 Å². The minimum Gasteiger partial charge on any atom is -0.347 e. The van der Waals surface area contributed by atoms with Crippen LogP contribution < -0.4 is 5.32 Å². The molecule has 2 aromatic rings. The maximum absolute atomic E-state index is 9.20. The van der Waals surface area contributed by atoms with Crippen molar-refractivity contribution in [3.05, 3.63) is 34.5 Å². The van der Waals surface area contributed by atoms with Crippen molar-refractivity contribution in [1.82, 2.24) is 9.88 Å².